The second kappa shape index (κ2) is 5.78. The van der Waals surface area contributed by atoms with Gasteiger partial charge in [0.1, 0.15) is 0 Å². The highest BCUT2D eigenvalue weighted by atomic mass is 32.2. The third kappa shape index (κ3) is 2.86. The number of fused-ring (bicyclic) bond motifs is 1. The zero-order chi connectivity index (χ0) is 14.1. The predicted octanol–water partition coefficient (Wildman–Crippen LogP) is 3.81. The van der Waals surface area contributed by atoms with Gasteiger partial charge in [-0.3, -0.25) is 0 Å². The van der Waals surface area contributed by atoms with Crippen LogP contribution in [0.25, 0.3) is 11.0 Å². The molecule has 3 nitrogen and oxygen atoms in total. The van der Waals surface area contributed by atoms with Crippen molar-refractivity contribution in [1.29, 1.82) is 0 Å². The van der Waals surface area contributed by atoms with Gasteiger partial charge in [0.25, 0.3) is 0 Å². The van der Waals surface area contributed by atoms with Crippen molar-refractivity contribution in [3.8, 4) is 0 Å². The number of thioether (sulfide) groups is 1. The minimum Gasteiger partial charge on any atom is -0.333 e. The van der Waals surface area contributed by atoms with Crippen LogP contribution in [0, 0.1) is 11.8 Å². The van der Waals surface area contributed by atoms with E-state index < -0.39 is 0 Å². The lowest BCUT2D eigenvalue weighted by atomic mass is 9.79. The average molecular weight is 289 g/mol. The molecule has 0 spiro atoms. The second-order valence-corrected chi connectivity index (χ2v) is 7.42. The Hall–Kier alpha value is -1.00. The number of para-hydroxylation sites is 2. The number of nitrogens with zero attached hydrogens (tertiary/aromatic N) is 1. The summed E-state index contributed by atoms with van der Waals surface area (Å²) in [4.78, 5) is 8.07. The van der Waals surface area contributed by atoms with Gasteiger partial charge in [0, 0.05) is 11.3 Å². The van der Waals surface area contributed by atoms with E-state index in [0.717, 1.165) is 34.4 Å². The van der Waals surface area contributed by atoms with Crippen LogP contribution in [0.5, 0.6) is 0 Å². The summed E-state index contributed by atoms with van der Waals surface area (Å²) in [6.07, 6.45) is 3.62. The van der Waals surface area contributed by atoms with Crippen LogP contribution < -0.4 is 5.73 Å². The standard InChI is InChI=1S/C16H23N3S/c1-10(2)11-7-8-12(17)15(9-11)20-16-18-13-5-3-4-6-14(13)19-16/h3-6,10-12,15H,7-9,17H2,1-2H3,(H,18,19). The highest BCUT2D eigenvalue weighted by molar-refractivity contribution is 7.99. The lowest BCUT2D eigenvalue weighted by Crippen LogP contribution is -2.39. The van der Waals surface area contributed by atoms with Crippen molar-refractivity contribution in [2.45, 2.75) is 49.6 Å². The number of imidazole rings is 1. The van der Waals surface area contributed by atoms with Gasteiger partial charge in [-0.2, -0.15) is 0 Å². The van der Waals surface area contributed by atoms with Crippen molar-refractivity contribution in [3.63, 3.8) is 0 Å². The Labute approximate surface area is 124 Å². The van der Waals surface area contributed by atoms with Gasteiger partial charge in [0.05, 0.1) is 11.0 Å². The van der Waals surface area contributed by atoms with Crippen LogP contribution >= 0.6 is 11.8 Å². The average Bonchev–Trinajstić information content (AvgIpc) is 2.83. The molecule has 4 heteroatoms. The molecule has 1 saturated carbocycles. The van der Waals surface area contributed by atoms with Crippen LogP contribution in [0.2, 0.25) is 0 Å². The normalized spacial score (nSPS) is 27.3. The molecule has 0 bridgehead atoms. The number of hydrogen-bond acceptors (Lipinski definition) is 3. The van der Waals surface area contributed by atoms with E-state index in [9.17, 15) is 0 Å². The van der Waals surface area contributed by atoms with Crippen molar-refractivity contribution in [1.82, 2.24) is 9.97 Å². The third-order valence-corrected chi connectivity index (χ3v) is 5.72. The fraction of sp³-hybridized carbons (Fsp3) is 0.562. The van der Waals surface area contributed by atoms with E-state index in [4.69, 9.17) is 5.73 Å². The largest absolute Gasteiger partial charge is 0.333 e. The Balaban J connectivity index is 1.75. The predicted molar refractivity (Wildman–Crippen MR) is 85.9 cm³/mol. The van der Waals surface area contributed by atoms with Crippen LogP contribution in [0.15, 0.2) is 29.4 Å². The van der Waals surface area contributed by atoms with Gasteiger partial charge in [-0.25, -0.2) is 4.98 Å². The minimum atomic E-state index is 0.295. The van der Waals surface area contributed by atoms with Crippen molar-refractivity contribution >= 4 is 22.8 Å². The summed E-state index contributed by atoms with van der Waals surface area (Å²) in [5.41, 5.74) is 8.47. The van der Waals surface area contributed by atoms with Gasteiger partial charge in [-0.15, -0.1) is 0 Å². The van der Waals surface area contributed by atoms with E-state index in [2.05, 4.69) is 29.9 Å². The molecule has 20 heavy (non-hydrogen) atoms. The second-order valence-electron chi connectivity index (χ2n) is 6.20. The summed E-state index contributed by atoms with van der Waals surface area (Å²) in [6, 6.07) is 8.48. The first-order valence-corrected chi connectivity index (χ1v) is 8.38. The molecule has 0 amide bonds. The number of nitrogens with two attached hydrogens (primary N) is 1. The molecule has 0 saturated heterocycles. The molecule has 2 aromatic rings. The van der Waals surface area contributed by atoms with E-state index in [1.54, 1.807) is 0 Å². The number of nitrogens with one attached hydrogen (secondary N) is 1. The number of rotatable bonds is 3. The number of H-pyrrole nitrogens is 1. The monoisotopic (exact) mass is 289 g/mol. The molecule has 3 unspecified atom stereocenters. The molecule has 1 aliphatic carbocycles. The number of benzene rings is 1. The quantitative estimate of drug-likeness (QED) is 0.903. The molecule has 1 aromatic heterocycles. The Kier molecular flexibility index (Phi) is 4.03. The molecule has 3 atom stereocenters. The van der Waals surface area contributed by atoms with Crippen molar-refractivity contribution in [2.75, 3.05) is 0 Å². The SMILES string of the molecule is CC(C)C1CCC(N)C(Sc2nc3ccccc3[nH]2)C1. The van der Waals surface area contributed by atoms with E-state index in [1.807, 2.05) is 30.0 Å². The molecule has 1 fully saturated rings. The summed E-state index contributed by atoms with van der Waals surface area (Å²) in [5, 5.41) is 1.49. The molecular formula is C16H23N3S. The molecule has 3 N–H and O–H groups in total. The highest BCUT2D eigenvalue weighted by Gasteiger charge is 2.31. The van der Waals surface area contributed by atoms with E-state index in [-0.39, 0.29) is 0 Å². The summed E-state index contributed by atoms with van der Waals surface area (Å²) in [7, 11) is 0. The van der Waals surface area contributed by atoms with Gasteiger partial charge in [-0.05, 0) is 43.2 Å². The van der Waals surface area contributed by atoms with E-state index in [1.165, 1.54) is 12.8 Å². The molecule has 108 valence electrons. The van der Waals surface area contributed by atoms with Crippen LogP contribution in [-0.2, 0) is 0 Å². The Morgan fingerprint density at radius 1 is 1.30 bits per heavy atom. The molecule has 1 aliphatic rings. The van der Waals surface area contributed by atoms with E-state index >= 15 is 0 Å². The smallest absolute Gasteiger partial charge is 0.166 e. The summed E-state index contributed by atoms with van der Waals surface area (Å²) >= 11 is 1.83. The summed E-state index contributed by atoms with van der Waals surface area (Å²) in [5.74, 6) is 1.55. The van der Waals surface area contributed by atoms with E-state index in [0.29, 0.717) is 11.3 Å². The summed E-state index contributed by atoms with van der Waals surface area (Å²) < 4.78 is 0. The maximum Gasteiger partial charge on any atom is 0.166 e. The van der Waals surface area contributed by atoms with Gasteiger partial charge in [0.2, 0.25) is 0 Å². The number of hydrogen-bond donors (Lipinski definition) is 2. The molecule has 1 heterocycles. The minimum absolute atomic E-state index is 0.295. The van der Waals surface area contributed by atoms with Gasteiger partial charge >= 0.3 is 0 Å². The molecular weight excluding hydrogens is 266 g/mol. The van der Waals surface area contributed by atoms with Crippen molar-refractivity contribution in [3.05, 3.63) is 24.3 Å². The first-order valence-electron chi connectivity index (χ1n) is 7.50. The fourth-order valence-electron chi connectivity index (χ4n) is 3.05. The van der Waals surface area contributed by atoms with Crippen LogP contribution in [0.3, 0.4) is 0 Å². The van der Waals surface area contributed by atoms with Gasteiger partial charge < -0.3 is 10.7 Å². The zero-order valence-electron chi connectivity index (χ0n) is 12.2. The molecule has 0 radical (unpaired) electrons. The lowest BCUT2D eigenvalue weighted by Gasteiger charge is -2.35. The molecule has 1 aromatic carbocycles. The first-order chi connectivity index (χ1) is 9.63. The van der Waals surface area contributed by atoms with Crippen LogP contribution in [-0.4, -0.2) is 21.3 Å². The third-order valence-electron chi connectivity index (χ3n) is 4.46. The highest BCUT2D eigenvalue weighted by Crippen LogP contribution is 2.37. The van der Waals surface area contributed by atoms with Crippen molar-refractivity contribution in [2.24, 2.45) is 17.6 Å². The maximum atomic E-state index is 6.32. The Morgan fingerprint density at radius 3 is 2.85 bits per heavy atom. The van der Waals surface area contributed by atoms with Crippen molar-refractivity contribution < 1.29 is 0 Å². The zero-order valence-corrected chi connectivity index (χ0v) is 13.0. The van der Waals surface area contributed by atoms with Crippen LogP contribution in [0.1, 0.15) is 33.1 Å². The Bertz CT molecular complexity index is 545. The molecule has 0 aliphatic heterocycles. The van der Waals surface area contributed by atoms with Gasteiger partial charge in [-0.1, -0.05) is 37.7 Å². The van der Waals surface area contributed by atoms with Crippen LogP contribution in [0.4, 0.5) is 0 Å². The fourth-order valence-corrected chi connectivity index (χ4v) is 4.31. The molecule has 3 rings (SSSR count). The summed E-state index contributed by atoms with van der Waals surface area (Å²) in [6.45, 7) is 4.65. The topological polar surface area (TPSA) is 54.7 Å². The Morgan fingerprint density at radius 2 is 2.10 bits per heavy atom. The number of aromatic amines is 1. The lowest BCUT2D eigenvalue weighted by molar-refractivity contribution is 0.266. The first kappa shape index (κ1) is 14.0. The van der Waals surface area contributed by atoms with Gasteiger partial charge in [0.15, 0.2) is 5.16 Å². The number of aromatic nitrogens is 2. The maximum absolute atomic E-state index is 6.32.